The van der Waals surface area contributed by atoms with Crippen molar-refractivity contribution in [1.82, 2.24) is 14.7 Å². The molecule has 0 aliphatic heterocycles. The molecule has 1 fully saturated rings. The van der Waals surface area contributed by atoms with E-state index in [4.69, 9.17) is 0 Å². The quantitative estimate of drug-likeness (QED) is 0.887. The van der Waals surface area contributed by atoms with Crippen LogP contribution in [0.25, 0.3) is 11.4 Å². The molecule has 0 radical (unpaired) electrons. The third-order valence-electron chi connectivity index (χ3n) is 3.88. The van der Waals surface area contributed by atoms with Gasteiger partial charge in [-0.3, -0.25) is 4.79 Å². The molecule has 5 nitrogen and oxygen atoms in total. The van der Waals surface area contributed by atoms with Crippen molar-refractivity contribution in [3.05, 3.63) is 35.3 Å². The van der Waals surface area contributed by atoms with Crippen molar-refractivity contribution in [2.75, 3.05) is 6.61 Å². The molecule has 110 valence electrons. The van der Waals surface area contributed by atoms with Gasteiger partial charge >= 0.3 is 0 Å². The van der Waals surface area contributed by atoms with Crippen molar-refractivity contribution in [2.24, 2.45) is 5.92 Å². The molecule has 21 heavy (non-hydrogen) atoms. The van der Waals surface area contributed by atoms with Gasteiger partial charge in [-0.05, 0) is 30.3 Å². The number of benzene rings is 1. The van der Waals surface area contributed by atoms with Crippen molar-refractivity contribution in [1.29, 1.82) is 0 Å². The van der Waals surface area contributed by atoms with Gasteiger partial charge in [-0.25, -0.2) is 4.98 Å². The molecule has 2 N–H and O–H groups in total. The van der Waals surface area contributed by atoms with Gasteiger partial charge in [0.05, 0.1) is 12.6 Å². The maximum absolute atomic E-state index is 12.2. The number of aliphatic hydroxyl groups is 1. The Balaban J connectivity index is 1.69. The normalized spacial score (nSPS) is 16.2. The van der Waals surface area contributed by atoms with Gasteiger partial charge in [0.25, 0.3) is 5.91 Å². The molecule has 1 atom stereocenters. The number of aromatic nitrogens is 2. The number of hydrogen-bond acceptors (Lipinski definition) is 5. The van der Waals surface area contributed by atoms with Crippen molar-refractivity contribution in [3.8, 4) is 11.4 Å². The number of rotatable bonds is 5. The summed E-state index contributed by atoms with van der Waals surface area (Å²) in [6.45, 7) is -0.0270. The smallest absolute Gasteiger partial charge is 0.282 e. The Hall–Kier alpha value is -1.79. The number of carbonyl (C=O) groups excluding carboxylic acids is 1. The Morgan fingerprint density at radius 1 is 1.38 bits per heavy atom. The summed E-state index contributed by atoms with van der Waals surface area (Å²) in [5.74, 6) is 0.705. The second-order valence-corrected chi connectivity index (χ2v) is 5.99. The molecule has 6 heteroatoms. The maximum atomic E-state index is 12.2. The average Bonchev–Trinajstić information content (AvgIpc) is 2.95. The fourth-order valence-electron chi connectivity index (χ4n) is 2.41. The molecular weight excluding hydrogens is 286 g/mol. The van der Waals surface area contributed by atoms with E-state index in [0.717, 1.165) is 29.9 Å². The van der Waals surface area contributed by atoms with Crippen LogP contribution in [0.3, 0.4) is 0 Å². The van der Waals surface area contributed by atoms with Gasteiger partial charge in [-0.15, -0.1) is 0 Å². The number of aliphatic hydroxyl groups excluding tert-OH is 1. The van der Waals surface area contributed by atoms with Crippen molar-refractivity contribution >= 4 is 17.4 Å². The van der Waals surface area contributed by atoms with Gasteiger partial charge in [0.2, 0.25) is 5.01 Å². The van der Waals surface area contributed by atoms with E-state index in [1.54, 1.807) is 0 Å². The van der Waals surface area contributed by atoms with Crippen LogP contribution in [0.15, 0.2) is 30.3 Å². The van der Waals surface area contributed by atoms with Crippen LogP contribution in [0, 0.1) is 5.92 Å². The van der Waals surface area contributed by atoms with E-state index in [9.17, 15) is 9.90 Å². The summed E-state index contributed by atoms with van der Waals surface area (Å²) in [4.78, 5) is 16.5. The van der Waals surface area contributed by atoms with Gasteiger partial charge in [0.15, 0.2) is 5.82 Å². The van der Waals surface area contributed by atoms with Gasteiger partial charge in [0.1, 0.15) is 0 Å². The monoisotopic (exact) mass is 303 g/mol. The molecule has 1 aromatic heterocycles. The summed E-state index contributed by atoms with van der Waals surface area (Å²) in [6.07, 6.45) is 3.31. The molecule has 1 amide bonds. The predicted molar refractivity (Wildman–Crippen MR) is 81.0 cm³/mol. The summed E-state index contributed by atoms with van der Waals surface area (Å²) in [6, 6.07) is 9.40. The summed E-state index contributed by atoms with van der Waals surface area (Å²) in [7, 11) is 0. The minimum absolute atomic E-state index is 0.0270. The number of nitrogens with one attached hydrogen (secondary N) is 1. The first kappa shape index (κ1) is 14.2. The van der Waals surface area contributed by atoms with Gasteiger partial charge in [0, 0.05) is 5.56 Å². The predicted octanol–water partition coefficient (Wildman–Crippen LogP) is 2.10. The molecule has 2 aromatic rings. The molecular formula is C15H17N3O2S. The molecule has 0 saturated heterocycles. The van der Waals surface area contributed by atoms with E-state index >= 15 is 0 Å². The summed E-state index contributed by atoms with van der Waals surface area (Å²) in [5.41, 5.74) is 0.894. The molecule has 1 heterocycles. The minimum Gasteiger partial charge on any atom is -0.394 e. The summed E-state index contributed by atoms with van der Waals surface area (Å²) in [5, 5.41) is 12.6. The number of amides is 1. The van der Waals surface area contributed by atoms with Crippen LogP contribution in [0.5, 0.6) is 0 Å². The first-order valence-corrected chi connectivity index (χ1v) is 7.86. The van der Waals surface area contributed by atoms with E-state index in [-0.39, 0.29) is 18.6 Å². The van der Waals surface area contributed by atoms with Crippen LogP contribution in [0.2, 0.25) is 0 Å². The van der Waals surface area contributed by atoms with Crippen molar-refractivity contribution in [2.45, 2.75) is 25.3 Å². The van der Waals surface area contributed by atoms with Crippen LogP contribution >= 0.6 is 11.5 Å². The second-order valence-electron chi connectivity index (χ2n) is 5.24. The standard InChI is InChI=1S/C15H17N3O2S/c19-9-12(10-7-4-8-10)16-14(20)15-17-13(18-21-15)11-5-2-1-3-6-11/h1-3,5-6,10,12,19H,4,7-9H2,(H,16,20). The largest absolute Gasteiger partial charge is 0.394 e. The molecule has 1 aromatic carbocycles. The van der Waals surface area contributed by atoms with Crippen LogP contribution < -0.4 is 5.32 Å². The van der Waals surface area contributed by atoms with Crippen molar-refractivity contribution < 1.29 is 9.90 Å². The Kier molecular flexibility index (Phi) is 4.26. The van der Waals surface area contributed by atoms with Gasteiger partial charge in [-0.1, -0.05) is 36.8 Å². The number of nitrogens with zero attached hydrogens (tertiary/aromatic N) is 2. The zero-order valence-electron chi connectivity index (χ0n) is 11.5. The Labute approximate surface area is 127 Å². The van der Waals surface area contributed by atoms with Gasteiger partial charge < -0.3 is 10.4 Å². The van der Waals surface area contributed by atoms with E-state index in [1.807, 2.05) is 30.3 Å². The zero-order chi connectivity index (χ0) is 14.7. The minimum atomic E-state index is -0.249. The third-order valence-corrected chi connectivity index (χ3v) is 4.60. The molecule has 0 spiro atoms. The highest BCUT2D eigenvalue weighted by atomic mass is 32.1. The first-order chi connectivity index (χ1) is 10.3. The molecule has 0 bridgehead atoms. The Bertz CT molecular complexity index is 610. The van der Waals surface area contributed by atoms with E-state index in [1.165, 1.54) is 6.42 Å². The molecule has 1 aliphatic rings. The highest BCUT2D eigenvalue weighted by Gasteiger charge is 2.29. The maximum Gasteiger partial charge on any atom is 0.282 e. The van der Waals surface area contributed by atoms with Crippen LogP contribution in [0.4, 0.5) is 0 Å². The Morgan fingerprint density at radius 3 is 2.76 bits per heavy atom. The van der Waals surface area contributed by atoms with Gasteiger partial charge in [-0.2, -0.15) is 4.37 Å². The van der Waals surface area contributed by atoms with Crippen LogP contribution in [0.1, 0.15) is 29.1 Å². The highest BCUT2D eigenvalue weighted by Crippen LogP contribution is 2.29. The lowest BCUT2D eigenvalue weighted by Gasteiger charge is -2.32. The molecule has 1 aliphatic carbocycles. The second kappa shape index (κ2) is 6.32. The lowest BCUT2D eigenvalue weighted by molar-refractivity contribution is 0.0845. The molecule has 3 rings (SSSR count). The number of hydrogen-bond donors (Lipinski definition) is 2. The molecule has 1 saturated carbocycles. The first-order valence-electron chi connectivity index (χ1n) is 7.09. The van der Waals surface area contributed by atoms with Crippen molar-refractivity contribution in [3.63, 3.8) is 0 Å². The fourth-order valence-corrected chi connectivity index (χ4v) is 2.99. The van der Waals surface area contributed by atoms with E-state index in [2.05, 4.69) is 14.7 Å². The topological polar surface area (TPSA) is 75.1 Å². The number of carbonyl (C=O) groups is 1. The molecule has 1 unspecified atom stereocenters. The van der Waals surface area contributed by atoms with E-state index in [0.29, 0.717) is 16.7 Å². The summed E-state index contributed by atoms with van der Waals surface area (Å²) < 4.78 is 4.23. The Morgan fingerprint density at radius 2 is 2.14 bits per heavy atom. The fraction of sp³-hybridized carbons (Fsp3) is 0.400. The zero-order valence-corrected chi connectivity index (χ0v) is 12.3. The average molecular weight is 303 g/mol. The lowest BCUT2D eigenvalue weighted by atomic mass is 9.80. The highest BCUT2D eigenvalue weighted by molar-refractivity contribution is 7.07. The SMILES string of the molecule is O=C(NC(CO)C1CCC1)c1nc(-c2ccccc2)ns1. The third kappa shape index (κ3) is 3.11. The summed E-state index contributed by atoms with van der Waals surface area (Å²) >= 11 is 1.09. The van der Waals surface area contributed by atoms with E-state index < -0.39 is 0 Å². The van der Waals surface area contributed by atoms with Crippen LogP contribution in [-0.4, -0.2) is 33.0 Å². The van der Waals surface area contributed by atoms with Crippen LogP contribution in [-0.2, 0) is 0 Å². The lowest BCUT2D eigenvalue weighted by Crippen LogP contribution is -2.45.